The zero-order valence-corrected chi connectivity index (χ0v) is 26.4. The van der Waals surface area contributed by atoms with E-state index in [1.807, 2.05) is 0 Å². The molecule has 0 fully saturated rings. The van der Waals surface area contributed by atoms with Crippen molar-refractivity contribution in [2.45, 2.75) is 14.7 Å². The fraction of sp³-hybridized carbons (Fsp3) is 0. The first kappa shape index (κ1) is 32.4. The fourth-order valence-corrected chi connectivity index (χ4v) is 6.53. The first-order valence-electron chi connectivity index (χ1n) is 7.75. The summed E-state index contributed by atoms with van der Waals surface area (Å²) in [5, 5.41) is 1.96. The van der Waals surface area contributed by atoms with Gasteiger partial charge in [-0.15, -0.1) is 0 Å². The van der Waals surface area contributed by atoms with Crippen molar-refractivity contribution in [1.29, 1.82) is 0 Å². The summed E-state index contributed by atoms with van der Waals surface area (Å²) in [5.74, 6) is 0. The van der Waals surface area contributed by atoms with Crippen LogP contribution in [0.5, 0.6) is 0 Å². The maximum absolute atomic E-state index is 11.4. The van der Waals surface area contributed by atoms with Gasteiger partial charge < -0.3 is 13.7 Å². The van der Waals surface area contributed by atoms with E-state index in [-0.39, 0.29) is 103 Å². The summed E-state index contributed by atoms with van der Waals surface area (Å²) in [6.45, 7) is 0. The monoisotopic (exact) mass is 520 g/mol. The smallest absolute Gasteiger partial charge is 0.768 e. The third-order valence-electron chi connectivity index (χ3n) is 3.80. The van der Waals surface area contributed by atoms with E-state index in [0.717, 1.165) is 0 Å². The summed E-state index contributed by atoms with van der Waals surface area (Å²) in [6, 6.07) is 18.9. The van der Waals surface area contributed by atoms with E-state index in [4.69, 9.17) is 0 Å². The van der Waals surface area contributed by atoms with Crippen molar-refractivity contribution in [3.8, 4) is 0 Å². The number of hydrogen-bond donors (Lipinski definition) is 0. The molecule has 0 amide bonds. The summed E-state index contributed by atoms with van der Waals surface area (Å²) in [7, 11) is -1.39. The van der Waals surface area contributed by atoms with E-state index in [1.54, 1.807) is 36.4 Å². The van der Waals surface area contributed by atoms with E-state index >= 15 is 0 Å². The van der Waals surface area contributed by atoms with E-state index in [9.17, 15) is 26.3 Å². The second kappa shape index (κ2) is 15.4. The van der Waals surface area contributed by atoms with E-state index in [2.05, 4.69) is 0 Å². The van der Waals surface area contributed by atoms with Gasteiger partial charge in [0.25, 0.3) is 0 Å². The van der Waals surface area contributed by atoms with Gasteiger partial charge in [-0.05, 0) is 93.5 Å². The Morgan fingerprint density at radius 1 is 0.516 bits per heavy atom. The van der Waals surface area contributed by atoms with Crippen molar-refractivity contribution < 1.29 is 115 Å². The van der Waals surface area contributed by atoms with Crippen LogP contribution in [-0.2, 0) is 33.2 Å². The summed E-state index contributed by atoms with van der Waals surface area (Å²) >= 11 is -7.29. The molecule has 3 unspecified atom stereocenters. The van der Waals surface area contributed by atoms with Crippen LogP contribution in [0.1, 0.15) is 0 Å². The summed E-state index contributed by atoms with van der Waals surface area (Å²) in [6.07, 6.45) is 0. The molecule has 3 aromatic rings. The molecular formula is C18H12Na3O6PS3. The summed E-state index contributed by atoms with van der Waals surface area (Å²) < 4.78 is 68.3. The van der Waals surface area contributed by atoms with Gasteiger partial charge >= 0.3 is 88.7 Å². The molecule has 0 aliphatic carbocycles. The van der Waals surface area contributed by atoms with Crippen LogP contribution >= 0.6 is 7.92 Å². The van der Waals surface area contributed by atoms with E-state index < -0.39 is 41.2 Å². The summed E-state index contributed by atoms with van der Waals surface area (Å²) in [5.41, 5.74) is 0. The molecule has 146 valence electrons. The second-order valence-electron chi connectivity index (χ2n) is 5.53. The van der Waals surface area contributed by atoms with Crippen LogP contribution in [0.3, 0.4) is 0 Å². The Kier molecular flexibility index (Phi) is 16.1. The maximum Gasteiger partial charge on any atom is 1.00 e. The largest absolute Gasteiger partial charge is 1.00 e. The first-order chi connectivity index (χ1) is 13.4. The molecule has 0 spiro atoms. The minimum absolute atomic E-state index is 0. The SMILES string of the molecule is O=S([O-])c1cccc(P(c2cccc(S(=O)[O-])c2)c2cccc(S(=O)[O-])c2)c1.[Na+].[Na+].[Na+]. The predicted octanol–water partition coefficient (Wildman–Crippen LogP) is -7.83. The Labute approximate surface area is 255 Å². The van der Waals surface area contributed by atoms with Crippen LogP contribution in [0.2, 0.25) is 0 Å². The minimum Gasteiger partial charge on any atom is -0.768 e. The topological polar surface area (TPSA) is 120 Å². The molecular weight excluding hydrogens is 508 g/mol. The molecule has 0 aliphatic rings. The van der Waals surface area contributed by atoms with Crippen molar-refractivity contribution in [2.75, 3.05) is 0 Å². The van der Waals surface area contributed by atoms with Gasteiger partial charge in [-0.1, -0.05) is 36.4 Å². The average molecular weight is 520 g/mol. The zero-order valence-electron chi connectivity index (χ0n) is 17.0. The standard InChI is InChI=1S/C18H15O6PS3.3Na/c19-26(20)16-7-1-4-13(10-16)25(14-5-2-8-17(11-14)27(21)22)15-6-3-9-18(12-15)28(23)24;;;/h1-12H,(H,19,20)(H,21,22)(H,23,24);;;/q;3*+1/p-3. The molecule has 0 saturated carbocycles. The third-order valence-corrected chi connectivity index (χ3v) is 8.11. The van der Waals surface area contributed by atoms with Crippen molar-refractivity contribution in [2.24, 2.45) is 0 Å². The summed E-state index contributed by atoms with van der Waals surface area (Å²) in [4.78, 5) is 0.284. The molecule has 0 saturated heterocycles. The molecule has 0 heterocycles. The van der Waals surface area contributed by atoms with Gasteiger partial charge in [-0.3, -0.25) is 12.6 Å². The Morgan fingerprint density at radius 3 is 1.00 bits per heavy atom. The Hall–Kier alpha value is 1.42. The normalized spacial score (nSPS) is 14.0. The van der Waals surface area contributed by atoms with Crippen molar-refractivity contribution >= 4 is 57.1 Å². The first-order valence-corrected chi connectivity index (χ1v) is 12.3. The average Bonchev–Trinajstić information content (AvgIpc) is 2.69. The van der Waals surface area contributed by atoms with Crippen molar-refractivity contribution in [3.63, 3.8) is 0 Å². The van der Waals surface area contributed by atoms with Gasteiger partial charge in [-0.2, -0.15) is 0 Å². The van der Waals surface area contributed by atoms with Gasteiger partial charge in [0.05, 0.1) is 0 Å². The van der Waals surface area contributed by atoms with Gasteiger partial charge in [0.15, 0.2) is 0 Å². The van der Waals surface area contributed by atoms with Crippen LogP contribution < -0.4 is 105 Å². The van der Waals surface area contributed by atoms with Gasteiger partial charge in [0.2, 0.25) is 0 Å². The molecule has 3 rings (SSSR count). The van der Waals surface area contributed by atoms with E-state index in [0.29, 0.717) is 15.9 Å². The van der Waals surface area contributed by atoms with Crippen LogP contribution in [0, 0.1) is 0 Å². The number of rotatable bonds is 6. The molecule has 0 N–H and O–H groups in total. The Balaban J connectivity index is 0.00000300. The van der Waals surface area contributed by atoms with Crippen molar-refractivity contribution in [3.05, 3.63) is 72.8 Å². The van der Waals surface area contributed by atoms with Crippen LogP contribution in [0.25, 0.3) is 0 Å². The van der Waals surface area contributed by atoms with E-state index in [1.165, 1.54) is 36.4 Å². The van der Waals surface area contributed by atoms with Crippen LogP contribution in [0.4, 0.5) is 0 Å². The minimum atomic E-state index is -2.43. The molecule has 0 bridgehead atoms. The van der Waals surface area contributed by atoms with Crippen LogP contribution in [-0.4, -0.2) is 26.3 Å². The Bertz CT molecular complexity index is 966. The van der Waals surface area contributed by atoms with Crippen molar-refractivity contribution in [1.82, 2.24) is 0 Å². The molecule has 0 radical (unpaired) electrons. The molecule has 0 aromatic heterocycles. The van der Waals surface area contributed by atoms with Crippen LogP contribution in [0.15, 0.2) is 87.5 Å². The second-order valence-corrected chi connectivity index (χ2v) is 10.6. The van der Waals surface area contributed by atoms with Gasteiger partial charge in [0.1, 0.15) is 0 Å². The third kappa shape index (κ3) is 8.85. The quantitative estimate of drug-likeness (QED) is 0.181. The predicted molar refractivity (Wildman–Crippen MR) is 107 cm³/mol. The molecule has 3 atom stereocenters. The molecule has 31 heavy (non-hydrogen) atoms. The molecule has 0 aliphatic heterocycles. The molecule has 6 nitrogen and oxygen atoms in total. The zero-order chi connectivity index (χ0) is 20.3. The molecule has 3 aromatic carbocycles. The number of benzene rings is 3. The van der Waals surface area contributed by atoms with Gasteiger partial charge in [0, 0.05) is 14.7 Å². The Morgan fingerprint density at radius 2 is 0.774 bits per heavy atom. The number of hydrogen-bond acceptors (Lipinski definition) is 6. The molecule has 13 heteroatoms. The van der Waals surface area contributed by atoms with Gasteiger partial charge in [-0.25, -0.2) is 0 Å². The maximum atomic E-state index is 11.4. The fourth-order valence-electron chi connectivity index (χ4n) is 2.63.